The minimum Gasteiger partial charge on any atom is -0.333 e. The Morgan fingerprint density at radius 2 is 0.960 bits per heavy atom. The second kappa shape index (κ2) is 8.22. The molecule has 0 unspecified atom stereocenters. The molecule has 2 heterocycles. The number of rotatable bonds is 4. The normalized spacial score (nSPS) is 29.6. The largest absolute Gasteiger partial charge is 0.333 e. The van der Waals surface area contributed by atoms with Crippen molar-refractivity contribution in [3.05, 3.63) is 71.8 Å². The first-order valence-electron chi connectivity index (χ1n) is 8.46. The molecule has 0 amide bonds. The lowest BCUT2D eigenvalue weighted by Crippen LogP contribution is -2.44. The van der Waals surface area contributed by atoms with Gasteiger partial charge in [0.1, 0.15) is 0 Å². The zero-order valence-corrected chi connectivity index (χ0v) is 15.8. The second-order valence-corrected chi connectivity index (χ2v) is 9.54. The van der Waals surface area contributed by atoms with Crippen LogP contribution in [0, 0.1) is 5.41 Å². The fraction of sp³-hybridized carbons (Fsp3) is 0.368. The summed E-state index contributed by atoms with van der Waals surface area (Å²) in [5.74, 6) is 0. The first-order chi connectivity index (χ1) is 12.3. The van der Waals surface area contributed by atoms with Gasteiger partial charge in [0, 0.05) is 12.3 Å². The molecule has 25 heavy (non-hydrogen) atoms. The van der Waals surface area contributed by atoms with Crippen molar-refractivity contribution < 1.29 is 18.1 Å². The van der Waals surface area contributed by atoms with E-state index in [2.05, 4.69) is 24.3 Å². The number of hydrogen-bond acceptors (Lipinski definition) is 4. The molecule has 0 saturated carbocycles. The Bertz CT molecular complexity index is 589. The molecule has 2 aliphatic rings. The Balaban J connectivity index is 1.25. The van der Waals surface area contributed by atoms with Gasteiger partial charge in [-0.3, -0.25) is 0 Å². The van der Waals surface area contributed by atoms with Crippen molar-refractivity contribution in [3.8, 4) is 0 Å². The van der Waals surface area contributed by atoms with Crippen LogP contribution in [0.1, 0.15) is 11.1 Å². The highest BCUT2D eigenvalue weighted by atomic mass is 31.2. The number of benzene rings is 2. The predicted octanol–water partition coefficient (Wildman–Crippen LogP) is 5.09. The van der Waals surface area contributed by atoms with Crippen LogP contribution in [-0.4, -0.2) is 26.4 Å². The summed E-state index contributed by atoms with van der Waals surface area (Å²) in [5, 5.41) is 0. The first-order valence-corrected chi connectivity index (χ1v) is 11.2. The van der Waals surface area contributed by atoms with Crippen LogP contribution < -0.4 is 0 Å². The zero-order valence-electron chi connectivity index (χ0n) is 14.0. The maximum Gasteiger partial charge on any atom is 0.175 e. The molecule has 132 valence electrons. The van der Waals surface area contributed by atoms with Gasteiger partial charge in [-0.25, -0.2) is 0 Å². The van der Waals surface area contributed by atoms with Crippen molar-refractivity contribution in [2.75, 3.05) is 26.4 Å². The fourth-order valence-corrected chi connectivity index (χ4v) is 6.01. The molecular formula is C19H22O4P2. The molecule has 0 radical (unpaired) electrons. The van der Waals surface area contributed by atoms with Crippen LogP contribution in [0.4, 0.5) is 0 Å². The van der Waals surface area contributed by atoms with E-state index in [-0.39, 0.29) is 5.41 Å². The van der Waals surface area contributed by atoms with E-state index in [1.807, 2.05) is 36.4 Å². The maximum absolute atomic E-state index is 6.02. The Morgan fingerprint density at radius 1 is 0.600 bits per heavy atom. The van der Waals surface area contributed by atoms with Gasteiger partial charge in [-0.2, -0.15) is 0 Å². The van der Waals surface area contributed by atoms with Gasteiger partial charge in [0.2, 0.25) is 0 Å². The summed E-state index contributed by atoms with van der Waals surface area (Å²) in [4.78, 5) is 0. The molecule has 0 N–H and O–H groups in total. The monoisotopic (exact) mass is 376 g/mol. The van der Waals surface area contributed by atoms with Gasteiger partial charge in [0.05, 0.1) is 31.8 Å². The molecule has 2 aromatic carbocycles. The molecule has 2 fully saturated rings. The van der Waals surface area contributed by atoms with Crippen LogP contribution >= 0.6 is 16.8 Å². The molecule has 4 nitrogen and oxygen atoms in total. The molecule has 0 bridgehead atoms. The van der Waals surface area contributed by atoms with Crippen LogP contribution in [-0.2, 0) is 30.4 Å². The van der Waals surface area contributed by atoms with Crippen LogP contribution in [0.25, 0.3) is 0 Å². The molecule has 2 aliphatic heterocycles. The van der Waals surface area contributed by atoms with E-state index in [9.17, 15) is 0 Å². The Hall–Kier alpha value is -0.860. The molecule has 1 spiro atoms. The predicted molar refractivity (Wildman–Crippen MR) is 100 cm³/mol. The summed E-state index contributed by atoms with van der Waals surface area (Å²) in [6.07, 6.45) is 1.68. The summed E-state index contributed by atoms with van der Waals surface area (Å²) < 4.78 is 24.1. The summed E-state index contributed by atoms with van der Waals surface area (Å²) >= 11 is 0. The molecule has 6 heteroatoms. The highest BCUT2D eigenvalue weighted by Crippen LogP contribution is 2.54. The van der Waals surface area contributed by atoms with E-state index in [1.165, 1.54) is 11.1 Å². The fourth-order valence-electron chi connectivity index (χ4n) is 2.81. The first kappa shape index (κ1) is 17.5. The van der Waals surface area contributed by atoms with Crippen molar-refractivity contribution >= 4 is 16.8 Å². The lowest BCUT2D eigenvalue weighted by Gasteiger charge is -2.42. The van der Waals surface area contributed by atoms with Crippen molar-refractivity contribution in [3.63, 3.8) is 0 Å². The summed E-state index contributed by atoms with van der Waals surface area (Å²) in [6.45, 7) is 2.61. The van der Waals surface area contributed by atoms with Gasteiger partial charge in [-0.1, -0.05) is 60.7 Å². The maximum atomic E-state index is 6.02. The molecule has 0 aromatic heterocycles. The van der Waals surface area contributed by atoms with E-state index < -0.39 is 16.8 Å². The smallest absolute Gasteiger partial charge is 0.175 e. The average Bonchev–Trinajstić information content (AvgIpc) is 2.68. The Labute approximate surface area is 151 Å². The van der Waals surface area contributed by atoms with Crippen LogP contribution in [0.2, 0.25) is 0 Å². The van der Waals surface area contributed by atoms with Gasteiger partial charge in [0.15, 0.2) is 16.8 Å². The van der Waals surface area contributed by atoms with Crippen LogP contribution in [0.15, 0.2) is 60.7 Å². The Kier molecular flexibility index (Phi) is 5.77. The minimum atomic E-state index is -0.855. The third kappa shape index (κ3) is 4.65. The van der Waals surface area contributed by atoms with Gasteiger partial charge in [-0.15, -0.1) is 0 Å². The minimum absolute atomic E-state index is 0.148. The lowest BCUT2D eigenvalue weighted by atomic mass is 9.93. The van der Waals surface area contributed by atoms with Crippen molar-refractivity contribution in [2.45, 2.75) is 12.3 Å². The van der Waals surface area contributed by atoms with E-state index in [1.54, 1.807) is 0 Å². The highest BCUT2D eigenvalue weighted by Gasteiger charge is 2.42. The van der Waals surface area contributed by atoms with Crippen LogP contribution in [0.3, 0.4) is 0 Å². The highest BCUT2D eigenvalue weighted by molar-refractivity contribution is 7.46. The van der Waals surface area contributed by atoms with Crippen molar-refractivity contribution in [1.82, 2.24) is 0 Å². The van der Waals surface area contributed by atoms with Crippen LogP contribution in [0.5, 0.6) is 0 Å². The van der Waals surface area contributed by atoms with E-state index in [0.717, 1.165) is 12.3 Å². The summed E-state index contributed by atoms with van der Waals surface area (Å²) in [5.41, 5.74) is 2.37. The summed E-state index contributed by atoms with van der Waals surface area (Å²) in [7, 11) is -1.71. The van der Waals surface area contributed by atoms with Gasteiger partial charge in [0.25, 0.3) is 0 Å². The molecule has 4 rings (SSSR count). The topological polar surface area (TPSA) is 36.9 Å². The molecule has 0 atom stereocenters. The lowest BCUT2D eigenvalue weighted by molar-refractivity contribution is -0.0535. The number of hydrogen-bond donors (Lipinski definition) is 0. The van der Waals surface area contributed by atoms with Gasteiger partial charge in [-0.05, 0) is 11.1 Å². The van der Waals surface area contributed by atoms with Gasteiger partial charge >= 0.3 is 0 Å². The average molecular weight is 376 g/mol. The zero-order chi connectivity index (χ0) is 17.0. The van der Waals surface area contributed by atoms with E-state index in [0.29, 0.717) is 26.4 Å². The van der Waals surface area contributed by atoms with Gasteiger partial charge < -0.3 is 18.1 Å². The van der Waals surface area contributed by atoms with Crippen molar-refractivity contribution in [1.29, 1.82) is 0 Å². The quantitative estimate of drug-likeness (QED) is 0.697. The summed E-state index contributed by atoms with van der Waals surface area (Å²) in [6, 6.07) is 20.7. The van der Waals surface area contributed by atoms with E-state index in [4.69, 9.17) is 18.1 Å². The molecule has 0 aliphatic carbocycles. The van der Waals surface area contributed by atoms with E-state index >= 15 is 0 Å². The molecular weight excluding hydrogens is 354 g/mol. The second-order valence-electron chi connectivity index (χ2n) is 6.55. The molecule has 2 saturated heterocycles. The standard InChI is InChI=1S/C19H22O4P2/c1-3-7-17(8-4-1)11-24-20-13-19(14-21-24)15-22-25(23-16-19)12-18-9-5-2-6-10-18/h1-10H,11-16H2. The molecule has 2 aromatic rings. The third-order valence-corrected chi connectivity index (χ3v) is 7.28. The van der Waals surface area contributed by atoms with Crippen molar-refractivity contribution in [2.24, 2.45) is 5.41 Å². The third-order valence-electron chi connectivity index (χ3n) is 4.37. The SMILES string of the molecule is c1ccc(CP2OCC3(CO2)COP(Cc2ccccc2)OC3)cc1. The Morgan fingerprint density at radius 3 is 1.32 bits per heavy atom.